The molecule has 0 radical (unpaired) electrons. The van der Waals surface area contributed by atoms with Gasteiger partial charge in [0.05, 0.1) is 28.2 Å². The summed E-state index contributed by atoms with van der Waals surface area (Å²) in [4.78, 5) is 30.3. The van der Waals surface area contributed by atoms with E-state index in [9.17, 15) is 9.59 Å². The van der Waals surface area contributed by atoms with Gasteiger partial charge in [-0.25, -0.2) is 4.79 Å². The number of cyclic esters (lactones) is 1. The second-order valence-electron chi connectivity index (χ2n) is 11.0. The van der Waals surface area contributed by atoms with Crippen LogP contribution in [0.5, 0.6) is 0 Å². The maximum atomic E-state index is 13.6. The van der Waals surface area contributed by atoms with E-state index in [0.29, 0.717) is 11.9 Å². The van der Waals surface area contributed by atoms with E-state index in [1.807, 2.05) is 30.3 Å². The number of carbonyl (C=O) groups is 2. The molecule has 0 unspecified atom stereocenters. The van der Waals surface area contributed by atoms with Crippen molar-refractivity contribution in [3.05, 3.63) is 35.9 Å². The molecule has 0 aromatic heterocycles. The van der Waals surface area contributed by atoms with Gasteiger partial charge >= 0.3 is 6.09 Å². The molecule has 3 atom stereocenters. The fraction of sp³-hybridized carbons (Fsp3) is 0.636. The smallest absolute Gasteiger partial charge is 0.411 e. The molecule has 0 N–H and O–H groups in total. The van der Waals surface area contributed by atoms with Gasteiger partial charge < -0.3 is 9.64 Å². The van der Waals surface area contributed by atoms with Gasteiger partial charge in [-0.15, -0.1) is 0 Å². The van der Waals surface area contributed by atoms with E-state index < -0.39 is 22.2 Å². The van der Waals surface area contributed by atoms with E-state index in [2.05, 4.69) is 58.0 Å². The number of likely N-dealkylation sites (tertiary alicyclic amines) is 1. The molecule has 2 fully saturated rings. The first-order valence-electron chi connectivity index (χ1n) is 10.7. The molecule has 2 heterocycles. The van der Waals surface area contributed by atoms with Gasteiger partial charge in [-0.2, -0.15) is 0 Å². The Morgan fingerprint density at radius 2 is 1.52 bits per heavy atom. The topological polar surface area (TPSA) is 49.9 Å². The van der Waals surface area contributed by atoms with Crippen LogP contribution >= 0.6 is 0 Å². The summed E-state index contributed by atoms with van der Waals surface area (Å²) in [7, 11) is -3.24. The van der Waals surface area contributed by atoms with E-state index in [4.69, 9.17) is 4.74 Å². The van der Waals surface area contributed by atoms with E-state index in [1.165, 1.54) is 0 Å². The molecule has 7 heteroatoms. The van der Waals surface area contributed by atoms with E-state index in [1.54, 1.807) is 4.90 Å². The summed E-state index contributed by atoms with van der Waals surface area (Å²) in [6, 6.07) is 9.35. The fourth-order valence-corrected chi connectivity index (χ4v) is 18.2. The number of ether oxygens (including phenoxy) is 1. The number of hydrogen-bond donors (Lipinski definition) is 0. The molecular formula is C22H36N2O3Si2. The number of nitrogens with zero attached hydrogens (tertiary/aromatic N) is 2. The van der Waals surface area contributed by atoms with Gasteiger partial charge in [-0.3, -0.25) is 9.69 Å². The molecule has 2 amide bonds. The summed E-state index contributed by atoms with van der Waals surface area (Å²) in [5.41, 5.74) is 1.03. The highest BCUT2D eigenvalue weighted by molar-refractivity contribution is 6.96. The van der Waals surface area contributed by atoms with E-state index in [0.717, 1.165) is 5.56 Å². The quantitative estimate of drug-likeness (QED) is 0.490. The van der Waals surface area contributed by atoms with Crippen LogP contribution in [-0.4, -0.2) is 61.9 Å². The Bertz CT molecular complexity index is 757. The average Bonchev–Trinajstić information content (AvgIpc) is 2.96. The second-order valence-corrected chi connectivity index (χ2v) is 22.1. The Morgan fingerprint density at radius 1 is 0.966 bits per heavy atom. The SMILES string of the molecule is CC(C)[C@H]1[C@H](N2C(=O)OC[C@@H]2c2ccccc2)C(=O)N1C([Si](C)(C)C)[Si](C)(C)C. The normalized spacial score (nSPS) is 25.7. The predicted octanol–water partition coefficient (Wildman–Crippen LogP) is 4.54. The van der Waals surface area contributed by atoms with Crippen LogP contribution in [-0.2, 0) is 9.53 Å². The standard InChI is InChI=1S/C22H36N2O3Si2/c1-15(2)18-19(20(25)24(18)22(28(3,4)5)29(6,7)8)23-17(14-27-21(23)26)16-12-10-9-11-13-16/h9-13,15,17-19,22H,14H2,1-8H3/t17-,18+,19+/m1/s1. The Hall–Kier alpha value is -1.61. The fourth-order valence-electron chi connectivity index (χ4n) is 5.59. The molecule has 0 aliphatic carbocycles. The Morgan fingerprint density at radius 3 is 2.00 bits per heavy atom. The first-order valence-corrected chi connectivity index (χ1v) is 17.8. The number of amides is 2. The number of β-lactam (4-membered cyclic amide) rings is 1. The first-order chi connectivity index (χ1) is 13.4. The summed E-state index contributed by atoms with van der Waals surface area (Å²) in [5, 5.41) is 0.347. The predicted molar refractivity (Wildman–Crippen MR) is 122 cm³/mol. The van der Waals surface area contributed by atoms with Crippen LogP contribution < -0.4 is 0 Å². The van der Waals surface area contributed by atoms with E-state index >= 15 is 0 Å². The third kappa shape index (κ3) is 3.91. The molecule has 160 valence electrons. The highest BCUT2D eigenvalue weighted by Crippen LogP contribution is 2.42. The van der Waals surface area contributed by atoms with Crippen molar-refractivity contribution in [1.82, 2.24) is 9.80 Å². The summed E-state index contributed by atoms with van der Waals surface area (Å²) in [5.74, 6) is 0.385. The molecule has 29 heavy (non-hydrogen) atoms. The molecular weight excluding hydrogens is 396 g/mol. The number of rotatable bonds is 6. The lowest BCUT2D eigenvalue weighted by Crippen LogP contribution is -2.80. The zero-order chi connectivity index (χ0) is 21.7. The van der Waals surface area contributed by atoms with E-state index in [-0.39, 0.29) is 30.0 Å². The van der Waals surface area contributed by atoms with Crippen LogP contribution in [0.15, 0.2) is 30.3 Å². The summed E-state index contributed by atoms with van der Waals surface area (Å²) in [6.45, 7) is 18.8. The van der Waals surface area contributed by atoms with Crippen molar-refractivity contribution in [2.24, 2.45) is 5.92 Å². The Labute approximate surface area is 177 Å². The van der Waals surface area contributed by atoms with Crippen molar-refractivity contribution in [3.8, 4) is 0 Å². The zero-order valence-electron chi connectivity index (χ0n) is 19.1. The Kier molecular flexibility index (Phi) is 5.77. The molecule has 3 rings (SSSR count). The molecule has 2 saturated heterocycles. The second kappa shape index (κ2) is 7.58. The lowest BCUT2D eigenvalue weighted by molar-refractivity contribution is -0.161. The number of carbonyl (C=O) groups excluding carboxylic acids is 2. The molecule has 1 aromatic rings. The first kappa shape index (κ1) is 22.1. The minimum atomic E-state index is -1.62. The average molecular weight is 433 g/mol. The highest BCUT2D eigenvalue weighted by atomic mass is 28.4. The van der Waals surface area contributed by atoms with Gasteiger partial charge in [-0.1, -0.05) is 83.5 Å². The summed E-state index contributed by atoms with van der Waals surface area (Å²) >= 11 is 0. The van der Waals surface area contributed by atoms with Crippen molar-refractivity contribution in [2.45, 2.75) is 76.5 Å². The van der Waals surface area contributed by atoms with Gasteiger partial charge in [0.2, 0.25) is 5.91 Å². The third-order valence-corrected chi connectivity index (χ3v) is 15.2. The molecule has 2 aliphatic heterocycles. The molecule has 5 nitrogen and oxygen atoms in total. The van der Waals surface area contributed by atoms with Gasteiger partial charge in [0.1, 0.15) is 12.6 Å². The van der Waals surface area contributed by atoms with Crippen molar-refractivity contribution in [2.75, 3.05) is 6.61 Å². The van der Waals surface area contributed by atoms with Crippen molar-refractivity contribution >= 4 is 28.1 Å². The molecule has 1 aromatic carbocycles. The minimum Gasteiger partial charge on any atom is -0.447 e. The maximum Gasteiger partial charge on any atom is 0.411 e. The minimum absolute atomic E-state index is 0.0443. The van der Waals surface area contributed by atoms with Gasteiger partial charge in [0.25, 0.3) is 0 Å². The Balaban J connectivity index is 1.98. The van der Waals surface area contributed by atoms with Crippen LogP contribution in [0.1, 0.15) is 25.5 Å². The van der Waals surface area contributed by atoms with Crippen LogP contribution in [0.2, 0.25) is 39.3 Å². The van der Waals surface area contributed by atoms with Crippen LogP contribution in [0.25, 0.3) is 0 Å². The number of hydrogen-bond acceptors (Lipinski definition) is 3. The largest absolute Gasteiger partial charge is 0.447 e. The van der Waals surface area contributed by atoms with Gasteiger partial charge in [-0.05, 0) is 11.5 Å². The summed E-state index contributed by atoms with van der Waals surface area (Å²) in [6.07, 6.45) is -0.361. The summed E-state index contributed by atoms with van der Waals surface area (Å²) < 4.78 is 5.43. The monoisotopic (exact) mass is 432 g/mol. The highest BCUT2D eigenvalue weighted by Gasteiger charge is 2.61. The lowest BCUT2D eigenvalue weighted by Gasteiger charge is -2.60. The van der Waals surface area contributed by atoms with Crippen molar-refractivity contribution in [1.29, 1.82) is 0 Å². The van der Waals surface area contributed by atoms with Gasteiger partial charge in [0, 0.05) is 5.29 Å². The lowest BCUT2D eigenvalue weighted by atomic mass is 9.84. The van der Waals surface area contributed by atoms with Crippen molar-refractivity contribution < 1.29 is 14.3 Å². The molecule has 0 bridgehead atoms. The van der Waals surface area contributed by atoms with Gasteiger partial charge in [0.15, 0.2) is 0 Å². The molecule has 0 saturated carbocycles. The molecule has 2 aliphatic rings. The van der Waals surface area contributed by atoms with Crippen LogP contribution in [0, 0.1) is 5.92 Å². The zero-order valence-corrected chi connectivity index (χ0v) is 21.1. The van der Waals surface area contributed by atoms with Crippen molar-refractivity contribution in [3.63, 3.8) is 0 Å². The molecule has 0 spiro atoms. The number of benzene rings is 1. The van der Waals surface area contributed by atoms with Crippen LogP contribution in [0.3, 0.4) is 0 Å². The third-order valence-electron chi connectivity index (χ3n) is 6.15. The van der Waals surface area contributed by atoms with Crippen LogP contribution in [0.4, 0.5) is 4.79 Å². The maximum absolute atomic E-state index is 13.6.